The van der Waals surface area contributed by atoms with Crippen molar-refractivity contribution in [3.63, 3.8) is 0 Å². The van der Waals surface area contributed by atoms with E-state index in [1.807, 2.05) is 13.8 Å². The van der Waals surface area contributed by atoms with Crippen molar-refractivity contribution in [2.24, 2.45) is 5.92 Å². The molecule has 0 spiro atoms. The monoisotopic (exact) mass is 228 g/mol. The van der Waals surface area contributed by atoms with Gasteiger partial charge in [-0.1, -0.05) is 19.1 Å². The van der Waals surface area contributed by atoms with Crippen LogP contribution in [0.1, 0.15) is 26.7 Å². The van der Waals surface area contributed by atoms with E-state index in [1.165, 1.54) is 0 Å². The highest BCUT2D eigenvalue weighted by Gasteiger charge is 2.07. The average molecular weight is 228 g/mol. The molecule has 3 N–H and O–H groups in total. The molecule has 0 fully saturated rings. The Bertz CT molecular complexity index is 264. The highest BCUT2D eigenvalue weighted by atomic mass is 16.4. The van der Waals surface area contributed by atoms with Crippen LogP contribution in [0.2, 0.25) is 0 Å². The lowest BCUT2D eigenvalue weighted by molar-refractivity contribution is -0.137. The van der Waals surface area contributed by atoms with Gasteiger partial charge in [0.1, 0.15) is 0 Å². The molecule has 0 saturated carbocycles. The van der Waals surface area contributed by atoms with Crippen LogP contribution >= 0.6 is 0 Å². The second-order valence-electron chi connectivity index (χ2n) is 4.06. The Balaban J connectivity index is 3.58. The van der Waals surface area contributed by atoms with Gasteiger partial charge in [0.2, 0.25) is 0 Å². The number of carboxylic acid groups (broad SMARTS) is 1. The molecule has 0 rings (SSSR count). The summed E-state index contributed by atoms with van der Waals surface area (Å²) in [7, 11) is 0. The molecule has 0 aliphatic heterocycles. The summed E-state index contributed by atoms with van der Waals surface area (Å²) in [5.41, 5.74) is 0.883. The molecule has 0 aromatic heterocycles. The number of urea groups is 1. The van der Waals surface area contributed by atoms with Crippen molar-refractivity contribution in [1.82, 2.24) is 10.6 Å². The SMILES string of the molecule is C=C(C)CNC(=O)NCC(C)CCC(=O)O. The Morgan fingerprint density at radius 3 is 2.50 bits per heavy atom. The van der Waals surface area contributed by atoms with Gasteiger partial charge in [-0.25, -0.2) is 4.79 Å². The predicted octanol–water partition coefficient (Wildman–Crippen LogP) is 1.36. The van der Waals surface area contributed by atoms with Gasteiger partial charge in [-0.05, 0) is 19.3 Å². The number of hydrogen-bond acceptors (Lipinski definition) is 2. The zero-order valence-electron chi connectivity index (χ0n) is 9.88. The fourth-order valence-electron chi connectivity index (χ4n) is 1.03. The molecule has 16 heavy (non-hydrogen) atoms. The van der Waals surface area contributed by atoms with Crippen molar-refractivity contribution in [1.29, 1.82) is 0 Å². The number of rotatable bonds is 7. The quantitative estimate of drug-likeness (QED) is 0.576. The van der Waals surface area contributed by atoms with Gasteiger partial charge < -0.3 is 15.7 Å². The van der Waals surface area contributed by atoms with E-state index in [0.717, 1.165) is 5.57 Å². The minimum absolute atomic E-state index is 0.135. The number of nitrogens with one attached hydrogen (secondary N) is 2. The third-order valence-electron chi connectivity index (χ3n) is 2.01. The summed E-state index contributed by atoms with van der Waals surface area (Å²) in [6, 6.07) is -0.245. The van der Waals surface area contributed by atoms with E-state index in [9.17, 15) is 9.59 Å². The van der Waals surface area contributed by atoms with Crippen LogP contribution in [0, 0.1) is 5.92 Å². The molecular weight excluding hydrogens is 208 g/mol. The molecule has 5 heteroatoms. The van der Waals surface area contributed by atoms with Crippen LogP contribution in [0.3, 0.4) is 0 Å². The van der Waals surface area contributed by atoms with Gasteiger partial charge in [0, 0.05) is 19.5 Å². The second-order valence-corrected chi connectivity index (χ2v) is 4.06. The molecule has 0 radical (unpaired) electrons. The predicted molar refractivity (Wildman–Crippen MR) is 62.2 cm³/mol. The molecule has 0 heterocycles. The Morgan fingerprint density at radius 1 is 1.38 bits per heavy atom. The molecule has 92 valence electrons. The van der Waals surface area contributed by atoms with E-state index >= 15 is 0 Å². The van der Waals surface area contributed by atoms with Crippen molar-refractivity contribution in [2.45, 2.75) is 26.7 Å². The average Bonchev–Trinajstić information content (AvgIpc) is 2.20. The minimum atomic E-state index is -0.807. The highest BCUT2D eigenvalue weighted by molar-refractivity contribution is 5.74. The first kappa shape index (κ1) is 14.5. The fourth-order valence-corrected chi connectivity index (χ4v) is 1.03. The highest BCUT2D eigenvalue weighted by Crippen LogP contribution is 2.03. The maximum absolute atomic E-state index is 11.2. The van der Waals surface area contributed by atoms with Crippen LogP contribution in [0.15, 0.2) is 12.2 Å². The minimum Gasteiger partial charge on any atom is -0.481 e. The number of hydrogen-bond donors (Lipinski definition) is 3. The van der Waals surface area contributed by atoms with E-state index < -0.39 is 5.97 Å². The standard InChI is InChI=1S/C11H20N2O3/c1-8(2)6-12-11(16)13-7-9(3)4-5-10(14)15/h9H,1,4-7H2,2-3H3,(H,14,15)(H2,12,13,16). The van der Waals surface area contributed by atoms with E-state index in [2.05, 4.69) is 17.2 Å². The van der Waals surface area contributed by atoms with Gasteiger partial charge in [0.25, 0.3) is 0 Å². The summed E-state index contributed by atoms with van der Waals surface area (Å²) in [4.78, 5) is 21.5. The molecule has 1 atom stereocenters. The van der Waals surface area contributed by atoms with E-state index in [1.54, 1.807) is 0 Å². The van der Waals surface area contributed by atoms with Crippen LogP contribution in [-0.2, 0) is 4.79 Å². The van der Waals surface area contributed by atoms with Gasteiger partial charge >= 0.3 is 12.0 Å². The number of carbonyl (C=O) groups excluding carboxylic acids is 1. The van der Waals surface area contributed by atoms with Crippen LogP contribution in [0.5, 0.6) is 0 Å². The van der Waals surface area contributed by atoms with Gasteiger partial charge in [0.15, 0.2) is 0 Å². The first-order valence-corrected chi connectivity index (χ1v) is 5.29. The molecule has 1 unspecified atom stereocenters. The number of aliphatic carboxylic acids is 1. The number of carbonyl (C=O) groups is 2. The lowest BCUT2D eigenvalue weighted by atomic mass is 10.1. The molecular formula is C11H20N2O3. The molecule has 0 aliphatic rings. The lowest BCUT2D eigenvalue weighted by Gasteiger charge is -2.12. The molecule has 5 nitrogen and oxygen atoms in total. The molecule has 0 aromatic rings. The van der Waals surface area contributed by atoms with Crippen molar-refractivity contribution in [3.8, 4) is 0 Å². The van der Waals surface area contributed by atoms with Crippen molar-refractivity contribution < 1.29 is 14.7 Å². The first-order chi connectivity index (χ1) is 7.41. The van der Waals surface area contributed by atoms with Gasteiger partial charge in [-0.15, -0.1) is 0 Å². The third-order valence-corrected chi connectivity index (χ3v) is 2.01. The summed E-state index contributed by atoms with van der Waals surface area (Å²) in [5, 5.41) is 13.8. The summed E-state index contributed by atoms with van der Waals surface area (Å²) >= 11 is 0. The second kappa shape index (κ2) is 7.73. The zero-order valence-corrected chi connectivity index (χ0v) is 9.88. The molecule has 0 bridgehead atoms. The molecule has 2 amide bonds. The molecule has 0 aromatic carbocycles. The van der Waals surface area contributed by atoms with Gasteiger partial charge in [-0.2, -0.15) is 0 Å². The Kier molecular flexibility index (Phi) is 7.00. The smallest absolute Gasteiger partial charge is 0.315 e. The van der Waals surface area contributed by atoms with Crippen molar-refractivity contribution in [2.75, 3.05) is 13.1 Å². The van der Waals surface area contributed by atoms with E-state index in [0.29, 0.717) is 19.5 Å². The largest absolute Gasteiger partial charge is 0.481 e. The molecule has 0 aliphatic carbocycles. The maximum atomic E-state index is 11.2. The number of amides is 2. The van der Waals surface area contributed by atoms with Crippen molar-refractivity contribution >= 4 is 12.0 Å². The normalized spacial score (nSPS) is 11.6. The molecule has 0 saturated heterocycles. The maximum Gasteiger partial charge on any atom is 0.315 e. The van der Waals surface area contributed by atoms with Crippen LogP contribution in [0.4, 0.5) is 4.79 Å². The zero-order chi connectivity index (χ0) is 12.6. The summed E-state index contributed by atoms with van der Waals surface area (Å²) in [5.74, 6) is -0.648. The number of carboxylic acids is 1. The summed E-state index contributed by atoms with van der Waals surface area (Å²) in [6.45, 7) is 8.33. The van der Waals surface area contributed by atoms with Crippen molar-refractivity contribution in [3.05, 3.63) is 12.2 Å². The van der Waals surface area contributed by atoms with Crippen LogP contribution in [-0.4, -0.2) is 30.2 Å². The summed E-state index contributed by atoms with van der Waals surface area (Å²) < 4.78 is 0. The lowest BCUT2D eigenvalue weighted by Crippen LogP contribution is -2.38. The van der Waals surface area contributed by atoms with Crippen LogP contribution < -0.4 is 10.6 Å². The van der Waals surface area contributed by atoms with Crippen LogP contribution in [0.25, 0.3) is 0 Å². The fraction of sp³-hybridized carbons (Fsp3) is 0.636. The first-order valence-electron chi connectivity index (χ1n) is 5.29. The Labute approximate surface area is 95.9 Å². The third kappa shape index (κ3) is 9.05. The van der Waals surface area contributed by atoms with E-state index in [4.69, 9.17) is 5.11 Å². The van der Waals surface area contributed by atoms with Gasteiger partial charge in [-0.3, -0.25) is 4.79 Å². The summed E-state index contributed by atoms with van der Waals surface area (Å²) in [6.07, 6.45) is 0.701. The van der Waals surface area contributed by atoms with E-state index in [-0.39, 0.29) is 18.4 Å². The van der Waals surface area contributed by atoms with Gasteiger partial charge in [0.05, 0.1) is 0 Å². The Morgan fingerprint density at radius 2 is 2.00 bits per heavy atom. The Hall–Kier alpha value is -1.52. The topological polar surface area (TPSA) is 78.4 Å².